The van der Waals surface area contributed by atoms with Crippen LogP contribution in [0.3, 0.4) is 0 Å². The summed E-state index contributed by atoms with van der Waals surface area (Å²) in [7, 11) is 0. The fraction of sp³-hybridized carbons (Fsp3) is 0.167. The summed E-state index contributed by atoms with van der Waals surface area (Å²) in [5.74, 6) is 0.588. The van der Waals surface area contributed by atoms with Gasteiger partial charge in [-0.15, -0.1) is 0 Å². The smallest absolute Gasteiger partial charge is 0.228 e. The maximum absolute atomic E-state index is 13.5. The summed E-state index contributed by atoms with van der Waals surface area (Å²) >= 11 is 0. The van der Waals surface area contributed by atoms with Gasteiger partial charge in [-0.1, -0.05) is 17.3 Å². The predicted molar refractivity (Wildman–Crippen MR) is 64.3 cm³/mol. The molecule has 1 aromatic carbocycles. The number of benzene rings is 1. The Morgan fingerprint density at radius 3 is 3.06 bits per heavy atom. The molecule has 0 amide bonds. The SMILES string of the molecule is NCCc1nc(-c2cc3cccc(F)c3[nH]2)no1. The number of fused-ring (bicyclic) bond motifs is 1. The first-order valence-electron chi connectivity index (χ1n) is 5.58. The average Bonchev–Trinajstić information content (AvgIpc) is 2.96. The lowest BCUT2D eigenvalue weighted by atomic mass is 10.2. The normalized spacial score (nSPS) is 11.2. The van der Waals surface area contributed by atoms with Gasteiger partial charge >= 0.3 is 0 Å². The highest BCUT2D eigenvalue weighted by atomic mass is 19.1. The van der Waals surface area contributed by atoms with Gasteiger partial charge in [0, 0.05) is 18.4 Å². The minimum Gasteiger partial charge on any atom is -0.349 e. The van der Waals surface area contributed by atoms with Crippen molar-refractivity contribution in [1.29, 1.82) is 0 Å². The molecule has 3 N–H and O–H groups in total. The Kier molecular flexibility index (Phi) is 2.56. The second kappa shape index (κ2) is 4.23. The van der Waals surface area contributed by atoms with Crippen LogP contribution >= 0.6 is 0 Å². The van der Waals surface area contributed by atoms with E-state index in [1.165, 1.54) is 6.07 Å². The number of rotatable bonds is 3. The molecule has 5 nitrogen and oxygen atoms in total. The standard InChI is InChI=1S/C12H11FN4O/c13-8-3-1-2-7-6-9(15-11(7)8)12-16-10(4-5-14)18-17-12/h1-3,6,15H,4-5,14H2. The first-order chi connectivity index (χ1) is 8.78. The topological polar surface area (TPSA) is 80.7 Å². The average molecular weight is 246 g/mol. The number of nitrogens with one attached hydrogen (secondary N) is 1. The van der Waals surface area contributed by atoms with Crippen molar-refractivity contribution in [2.45, 2.75) is 6.42 Å². The number of hydrogen-bond donors (Lipinski definition) is 2. The van der Waals surface area contributed by atoms with E-state index in [4.69, 9.17) is 10.3 Å². The third-order valence-electron chi connectivity index (χ3n) is 2.67. The van der Waals surface area contributed by atoms with Gasteiger partial charge in [0.2, 0.25) is 11.7 Å². The van der Waals surface area contributed by atoms with E-state index in [-0.39, 0.29) is 5.82 Å². The molecule has 0 bridgehead atoms. The summed E-state index contributed by atoms with van der Waals surface area (Å²) in [5, 5.41) is 4.61. The van der Waals surface area contributed by atoms with Crippen molar-refractivity contribution in [3.8, 4) is 11.5 Å². The molecule has 6 heteroatoms. The van der Waals surface area contributed by atoms with Crippen LogP contribution in [-0.2, 0) is 6.42 Å². The van der Waals surface area contributed by atoms with Gasteiger partial charge in [0.15, 0.2) is 0 Å². The van der Waals surface area contributed by atoms with E-state index in [1.807, 2.05) is 6.07 Å². The van der Waals surface area contributed by atoms with E-state index in [0.717, 1.165) is 5.39 Å². The van der Waals surface area contributed by atoms with E-state index in [0.29, 0.717) is 35.9 Å². The molecule has 0 aliphatic carbocycles. The van der Waals surface area contributed by atoms with Crippen LogP contribution in [0.2, 0.25) is 0 Å². The predicted octanol–water partition coefficient (Wildman–Crippen LogP) is 1.86. The number of para-hydroxylation sites is 1. The molecule has 18 heavy (non-hydrogen) atoms. The molecule has 92 valence electrons. The van der Waals surface area contributed by atoms with Crippen LogP contribution in [0.25, 0.3) is 22.4 Å². The molecule has 0 spiro atoms. The summed E-state index contributed by atoms with van der Waals surface area (Å²) in [6, 6.07) is 6.67. The number of nitrogens with two attached hydrogens (primary N) is 1. The zero-order chi connectivity index (χ0) is 12.5. The molecular weight excluding hydrogens is 235 g/mol. The Bertz CT molecular complexity index is 688. The maximum Gasteiger partial charge on any atom is 0.228 e. The maximum atomic E-state index is 13.5. The van der Waals surface area contributed by atoms with Crippen molar-refractivity contribution in [2.75, 3.05) is 6.54 Å². The van der Waals surface area contributed by atoms with E-state index >= 15 is 0 Å². The lowest BCUT2D eigenvalue weighted by molar-refractivity contribution is 0.380. The third kappa shape index (κ3) is 1.76. The molecule has 0 aliphatic rings. The van der Waals surface area contributed by atoms with Crippen LogP contribution < -0.4 is 5.73 Å². The molecule has 2 heterocycles. The van der Waals surface area contributed by atoms with Crippen molar-refractivity contribution in [2.24, 2.45) is 5.73 Å². The first-order valence-corrected chi connectivity index (χ1v) is 5.58. The highest BCUT2D eigenvalue weighted by Gasteiger charge is 2.12. The lowest BCUT2D eigenvalue weighted by Gasteiger charge is -1.89. The Morgan fingerprint density at radius 1 is 1.39 bits per heavy atom. The van der Waals surface area contributed by atoms with Crippen LogP contribution in [0.5, 0.6) is 0 Å². The summed E-state index contributed by atoms with van der Waals surface area (Å²) in [5.41, 5.74) is 6.47. The molecule has 0 aliphatic heterocycles. The fourth-order valence-electron chi connectivity index (χ4n) is 1.83. The second-order valence-electron chi connectivity index (χ2n) is 3.94. The summed E-state index contributed by atoms with van der Waals surface area (Å²) in [6.45, 7) is 0.447. The molecule has 2 aromatic heterocycles. The number of aromatic nitrogens is 3. The lowest BCUT2D eigenvalue weighted by Crippen LogP contribution is -2.02. The van der Waals surface area contributed by atoms with Gasteiger partial charge in [0.25, 0.3) is 0 Å². The monoisotopic (exact) mass is 246 g/mol. The van der Waals surface area contributed by atoms with E-state index in [2.05, 4.69) is 15.1 Å². The molecule has 0 radical (unpaired) electrons. The van der Waals surface area contributed by atoms with Crippen LogP contribution in [0.15, 0.2) is 28.8 Å². The quantitative estimate of drug-likeness (QED) is 0.739. The van der Waals surface area contributed by atoms with Crippen molar-refractivity contribution in [1.82, 2.24) is 15.1 Å². The Morgan fingerprint density at radius 2 is 2.28 bits per heavy atom. The summed E-state index contributed by atoms with van der Waals surface area (Å²) in [6.07, 6.45) is 0.529. The van der Waals surface area contributed by atoms with Crippen molar-refractivity contribution >= 4 is 10.9 Å². The van der Waals surface area contributed by atoms with Gasteiger partial charge in [-0.2, -0.15) is 4.98 Å². The molecule has 3 aromatic rings. The van der Waals surface area contributed by atoms with Gasteiger partial charge in [-0.3, -0.25) is 0 Å². The minimum absolute atomic E-state index is 0.301. The zero-order valence-electron chi connectivity index (χ0n) is 9.48. The highest BCUT2D eigenvalue weighted by Crippen LogP contribution is 2.23. The van der Waals surface area contributed by atoms with E-state index in [9.17, 15) is 4.39 Å². The summed E-state index contributed by atoms with van der Waals surface area (Å²) in [4.78, 5) is 7.13. The highest BCUT2D eigenvalue weighted by molar-refractivity contribution is 5.85. The van der Waals surface area contributed by atoms with Crippen molar-refractivity contribution in [3.63, 3.8) is 0 Å². The second-order valence-corrected chi connectivity index (χ2v) is 3.94. The fourth-order valence-corrected chi connectivity index (χ4v) is 1.83. The molecule has 3 rings (SSSR count). The zero-order valence-corrected chi connectivity index (χ0v) is 9.48. The molecule has 0 fully saturated rings. The van der Waals surface area contributed by atoms with Gasteiger partial charge < -0.3 is 15.2 Å². The van der Waals surface area contributed by atoms with Crippen molar-refractivity contribution < 1.29 is 8.91 Å². The van der Waals surface area contributed by atoms with E-state index in [1.54, 1.807) is 12.1 Å². The number of nitrogens with zero attached hydrogens (tertiary/aromatic N) is 2. The van der Waals surface area contributed by atoms with Crippen molar-refractivity contribution in [3.05, 3.63) is 36.0 Å². The largest absolute Gasteiger partial charge is 0.349 e. The molecule has 0 saturated carbocycles. The molecule has 0 atom stereocenters. The molecule has 0 saturated heterocycles. The van der Waals surface area contributed by atoms with E-state index < -0.39 is 0 Å². The van der Waals surface area contributed by atoms with Gasteiger partial charge in [-0.25, -0.2) is 4.39 Å². The molecular formula is C12H11FN4O. The Balaban J connectivity index is 2.05. The van der Waals surface area contributed by atoms with Gasteiger partial charge in [0.1, 0.15) is 5.82 Å². The van der Waals surface area contributed by atoms with Crippen LogP contribution in [0.4, 0.5) is 4.39 Å². The van der Waals surface area contributed by atoms with Crippen LogP contribution in [0.1, 0.15) is 5.89 Å². The number of aromatic amines is 1. The van der Waals surface area contributed by atoms with Crippen LogP contribution in [0, 0.1) is 5.82 Å². The van der Waals surface area contributed by atoms with Crippen LogP contribution in [-0.4, -0.2) is 21.7 Å². The Labute approximate surface area is 102 Å². The summed E-state index contributed by atoms with van der Waals surface area (Å²) < 4.78 is 18.6. The third-order valence-corrected chi connectivity index (χ3v) is 2.67. The number of H-pyrrole nitrogens is 1. The Hall–Kier alpha value is -2.21. The first kappa shape index (κ1) is 10.9. The van der Waals surface area contributed by atoms with Gasteiger partial charge in [0.05, 0.1) is 11.2 Å². The number of halogens is 1. The molecule has 0 unspecified atom stereocenters. The minimum atomic E-state index is -0.301. The van der Waals surface area contributed by atoms with Gasteiger partial charge in [-0.05, 0) is 12.1 Å². The number of hydrogen-bond acceptors (Lipinski definition) is 4.